The fourth-order valence-corrected chi connectivity index (χ4v) is 1.85. The molecule has 0 aliphatic carbocycles. The van der Waals surface area contributed by atoms with E-state index in [0.717, 1.165) is 19.6 Å². The number of nitrogens with zero attached hydrogens (tertiary/aromatic N) is 1. The molecule has 0 aliphatic rings. The minimum absolute atomic E-state index is 0.643. The summed E-state index contributed by atoms with van der Waals surface area (Å²) in [6, 6.07) is 8.63. The first-order valence-electron chi connectivity index (χ1n) is 6.05. The van der Waals surface area contributed by atoms with Crippen molar-refractivity contribution < 1.29 is 0 Å². The minimum atomic E-state index is 0.643. The Morgan fingerprint density at radius 3 is 2.29 bits per heavy atom. The van der Waals surface area contributed by atoms with E-state index in [9.17, 15) is 0 Å². The van der Waals surface area contributed by atoms with Crippen LogP contribution in [-0.4, -0.2) is 19.6 Å². The molecule has 1 aromatic carbocycles. The SMILES string of the molecule is C=C(Cl)CNCc1ccc(N(CC)CC)cc1. The molecule has 0 aromatic heterocycles. The molecule has 2 nitrogen and oxygen atoms in total. The highest BCUT2D eigenvalue weighted by atomic mass is 35.5. The molecular formula is C14H21ClN2. The van der Waals surface area contributed by atoms with E-state index < -0.39 is 0 Å². The largest absolute Gasteiger partial charge is 0.372 e. The van der Waals surface area contributed by atoms with Gasteiger partial charge in [0.1, 0.15) is 0 Å². The van der Waals surface area contributed by atoms with Gasteiger partial charge in [-0.05, 0) is 31.5 Å². The fourth-order valence-electron chi connectivity index (χ4n) is 1.76. The number of nitrogens with one attached hydrogen (secondary N) is 1. The van der Waals surface area contributed by atoms with Gasteiger partial charge in [-0.1, -0.05) is 30.3 Å². The average Bonchev–Trinajstić information content (AvgIpc) is 2.32. The number of halogens is 1. The van der Waals surface area contributed by atoms with Crippen LogP contribution in [0, 0.1) is 0 Å². The molecule has 3 heteroatoms. The molecule has 0 spiro atoms. The molecule has 17 heavy (non-hydrogen) atoms. The third-order valence-corrected chi connectivity index (χ3v) is 2.84. The van der Waals surface area contributed by atoms with Gasteiger partial charge in [0.25, 0.3) is 0 Å². The molecular weight excluding hydrogens is 232 g/mol. The van der Waals surface area contributed by atoms with E-state index in [-0.39, 0.29) is 0 Å². The van der Waals surface area contributed by atoms with Crippen LogP contribution in [0.15, 0.2) is 35.9 Å². The van der Waals surface area contributed by atoms with E-state index in [1.54, 1.807) is 0 Å². The zero-order valence-corrected chi connectivity index (χ0v) is 11.4. The second kappa shape index (κ2) is 7.36. The van der Waals surface area contributed by atoms with Crippen molar-refractivity contribution in [1.82, 2.24) is 5.32 Å². The molecule has 0 saturated carbocycles. The molecule has 0 amide bonds. The Morgan fingerprint density at radius 2 is 1.82 bits per heavy atom. The maximum absolute atomic E-state index is 5.68. The standard InChI is InChI=1S/C14H21ClN2/c1-4-17(5-2)14-8-6-13(7-9-14)11-16-10-12(3)15/h6-9,16H,3-5,10-11H2,1-2H3. The summed E-state index contributed by atoms with van der Waals surface area (Å²) in [5.41, 5.74) is 2.54. The van der Waals surface area contributed by atoms with Gasteiger partial charge in [0.2, 0.25) is 0 Å². The molecule has 0 heterocycles. The van der Waals surface area contributed by atoms with Crippen LogP contribution in [0.4, 0.5) is 5.69 Å². The summed E-state index contributed by atoms with van der Waals surface area (Å²) in [6.07, 6.45) is 0. The van der Waals surface area contributed by atoms with E-state index in [1.165, 1.54) is 11.3 Å². The Balaban J connectivity index is 2.52. The van der Waals surface area contributed by atoms with E-state index in [0.29, 0.717) is 11.6 Å². The predicted molar refractivity (Wildman–Crippen MR) is 76.7 cm³/mol. The second-order valence-electron chi connectivity index (χ2n) is 3.96. The maximum Gasteiger partial charge on any atom is 0.0366 e. The highest BCUT2D eigenvalue weighted by Crippen LogP contribution is 2.14. The molecule has 1 rings (SSSR count). The van der Waals surface area contributed by atoms with Crippen molar-refractivity contribution in [2.45, 2.75) is 20.4 Å². The summed E-state index contributed by atoms with van der Waals surface area (Å²) in [5.74, 6) is 0. The van der Waals surface area contributed by atoms with Crippen molar-refractivity contribution in [3.63, 3.8) is 0 Å². The Labute approximate surface area is 109 Å². The van der Waals surface area contributed by atoms with Crippen molar-refractivity contribution in [3.8, 4) is 0 Å². The monoisotopic (exact) mass is 252 g/mol. The summed E-state index contributed by atoms with van der Waals surface area (Å²) in [6.45, 7) is 11.5. The Hall–Kier alpha value is -0.990. The highest BCUT2D eigenvalue weighted by Gasteiger charge is 2.01. The molecule has 94 valence electrons. The van der Waals surface area contributed by atoms with Gasteiger partial charge in [0.15, 0.2) is 0 Å². The van der Waals surface area contributed by atoms with Gasteiger partial charge in [-0.15, -0.1) is 0 Å². The van der Waals surface area contributed by atoms with Gasteiger partial charge in [0.05, 0.1) is 0 Å². The lowest BCUT2D eigenvalue weighted by Crippen LogP contribution is -2.21. The first-order valence-corrected chi connectivity index (χ1v) is 6.43. The van der Waals surface area contributed by atoms with E-state index >= 15 is 0 Å². The van der Waals surface area contributed by atoms with Crippen molar-refractivity contribution in [2.75, 3.05) is 24.5 Å². The van der Waals surface area contributed by atoms with E-state index in [1.807, 2.05) is 0 Å². The van der Waals surface area contributed by atoms with Crippen LogP contribution in [0.2, 0.25) is 0 Å². The highest BCUT2D eigenvalue weighted by molar-refractivity contribution is 6.29. The zero-order chi connectivity index (χ0) is 12.7. The average molecular weight is 253 g/mol. The maximum atomic E-state index is 5.68. The first kappa shape index (κ1) is 14.1. The minimum Gasteiger partial charge on any atom is -0.372 e. The lowest BCUT2D eigenvalue weighted by Gasteiger charge is -2.21. The summed E-state index contributed by atoms with van der Waals surface area (Å²) < 4.78 is 0. The normalized spacial score (nSPS) is 10.3. The molecule has 0 fully saturated rings. The van der Waals surface area contributed by atoms with E-state index in [4.69, 9.17) is 11.6 Å². The van der Waals surface area contributed by atoms with E-state index in [2.05, 4.69) is 54.9 Å². The quantitative estimate of drug-likeness (QED) is 0.801. The van der Waals surface area contributed by atoms with Gasteiger partial charge in [-0.3, -0.25) is 0 Å². The van der Waals surface area contributed by atoms with Gasteiger partial charge in [-0.2, -0.15) is 0 Å². The van der Waals surface area contributed by atoms with Crippen molar-refractivity contribution in [1.29, 1.82) is 0 Å². The van der Waals surface area contributed by atoms with Crippen LogP contribution in [0.25, 0.3) is 0 Å². The number of hydrogen-bond acceptors (Lipinski definition) is 2. The van der Waals surface area contributed by atoms with Crippen LogP contribution in [0.1, 0.15) is 19.4 Å². The summed E-state index contributed by atoms with van der Waals surface area (Å²) in [4.78, 5) is 2.33. The van der Waals surface area contributed by atoms with Crippen LogP contribution in [-0.2, 0) is 6.54 Å². The second-order valence-corrected chi connectivity index (χ2v) is 4.49. The summed E-state index contributed by atoms with van der Waals surface area (Å²) in [7, 11) is 0. The number of rotatable bonds is 7. The number of anilines is 1. The molecule has 0 aliphatic heterocycles. The van der Waals surface area contributed by atoms with Gasteiger partial charge in [0, 0.05) is 36.9 Å². The van der Waals surface area contributed by atoms with Crippen LogP contribution in [0.5, 0.6) is 0 Å². The molecule has 0 bridgehead atoms. The van der Waals surface area contributed by atoms with Crippen molar-refractivity contribution >= 4 is 17.3 Å². The fraction of sp³-hybridized carbons (Fsp3) is 0.429. The molecule has 0 atom stereocenters. The van der Waals surface area contributed by atoms with Crippen LogP contribution in [0.3, 0.4) is 0 Å². The third kappa shape index (κ3) is 4.80. The molecule has 1 aromatic rings. The Kier molecular flexibility index (Phi) is 6.09. The zero-order valence-electron chi connectivity index (χ0n) is 10.7. The van der Waals surface area contributed by atoms with Gasteiger partial charge >= 0.3 is 0 Å². The smallest absolute Gasteiger partial charge is 0.0366 e. The number of hydrogen-bond donors (Lipinski definition) is 1. The van der Waals surface area contributed by atoms with Crippen LogP contribution >= 0.6 is 11.6 Å². The van der Waals surface area contributed by atoms with Gasteiger partial charge < -0.3 is 10.2 Å². The molecule has 0 saturated heterocycles. The molecule has 1 N–H and O–H groups in total. The lowest BCUT2D eigenvalue weighted by molar-refractivity contribution is 0.754. The summed E-state index contributed by atoms with van der Waals surface area (Å²) in [5, 5.41) is 3.88. The van der Waals surface area contributed by atoms with Crippen LogP contribution < -0.4 is 10.2 Å². The first-order chi connectivity index (χ1) is 8.17. The lowest BCUT2D eigenvalue weighted by atomic mass is 10.2. The summed E-state index contributed by atoms with van der Waals surface area (Å²) >= 11 is 5.68. The number of benzene rings is 1. The molecule has 0 unspecified atom stereocenters. The Bertz CT molecular complexity index is 342. The predicted octanol–water partition coefficient (Wildman–Crippen LogP) is 3.37. The topological polar surface area (TPSA) is 15.3 Å². The van der Waals surface area contributed by atoms with Crippen molar-refractivity contribution in [2.24, 2.45) is 0 Å². The van der Waals surface area contributed by atoms with Gasteiger partial charge in [-0.25, -0.2) is 0 Å². The Morgan fingerprint density at radius 1 is 1.24 bits per heavy atom. The molecule has 0 radical (unpaired) electrons. The van der Waals surface area contributed by atoms with Crippen molar-refractivity contribution in [3.05, 3.63) is 41.4 Å². The third-order valence-electron chi connectivity index (χ3n) is 2.71.